The Kier molecular flexibility index (Phi) is 4.50. The monoisotopic (exact) mass is 378 g/mol. The number of aryl methyl sites for hydroxylation is 1. The third kappa shape index (κ3) is 3.36. The largest absolute Gasteiger partial charge is 0.507 e. The molecule has 0 fully saturated rings. The van der Waals surface area contributed by atoms with E-state index < -0.39 is 0 Å². The first-order valence-electron chi connectivity index (χ1n) is 8.79. The van der Waals surface area contributed by atoms with E-state index in [4.69, 9.17) is 16.0 Å². The number of aromatic nitrogens is 1. The van der Waals surface area contributed by atoms with Gasteiger partial charge in [0, 0.05) is 28.1 Å². The summed E-state index contributed by atoms with van der Waals surface area (Å²) in [5, 5.41) is 15.3. The molecule has 2 aromatic carbocycles. The van der Waals surface area contributed by atoms with E-state index in [0.29, 0.717) is 22.1 Å². The van der Waals surface area contributed by atoms with Crippen LogP contribution in [0.15, 0.2) is 59.0 Å². The highest BCUT2D eigenvalue weighted by molar-refractivity contribution is 6.31. The van der Waals surface area contributed by atoms with Crippen molar-refractivity contribution in [3.8, 4) is 28.3 Å². The van der Waals surface area contributed by atoms with Gasteiger partial charge in [0.2, 0.25) is 0 Å². The molecule has 0 atom stereocenters. The van der Waals surface area contributed by atoms with Crippen LogP contribution in [0.4, 0.5) is 5.82 Å². The smallest absolute Gasteiger partial charge is 0.135 e. The van der Waals surface area contributed by atoms with Gasteiger partial charge in [-0.3, -0.25) is 0 Å². The Labute approximate surface area is 162 Å². The zero-order valence-corrected chi connectivity index (χ0v) is 15.8. The zero-order valence-electron chi connectivity index (χ0n) is 15.1. The van der Waals surface area contributed by atoms with Crippen molar-refractivity contribution in [3.05, 3.63) is 65.2 Å². The number of fused-ring (bicyclic) bond motifs is 1. The minimum absolute atomic E-state index is 0.147. The van der Waals surface area contributed by atoms with Crippen LogP contribution in [0.3, 0.4) is 0 Å². The summed E-state index contributed by atoms with van der Waals surface area (Å²) in [6.45, 7) is 4.60. The maximum Gasteiger partial charge on any atom is 0.135 e. The second-order valence-electron chi connectivity index (χ2n) is 6.42. The van der Waals surface area contributed by atoms with Gasteiger partial charge in [-0.25, -0.2) is 4.98 Å². The van der Waals surface area contributed by atoms with Gasteiger partial charge in [-0.05, 0) is 55.8 Å². The summed E-state index contributed by atoms with van der Waals surface area (Å²) in [5.41, 5.74) is 3.74. The number of hydrogen-bond acceptors (Lipinski definition) is 4. The third-order valence-electron chi connectivity index (χ3n) is 4.45. The molecule has 0 aliphatic rings. The summed E-state index contributed by atoms with van der Waals surface area (Å²) in [5.74, 6) is 1.60. The summed E-state index contributed by atoms with van der Waals surface area (Å²) >= 11 is 6.27. The van der Waals surface area contributed by atoms with Crippen molar-refractivity contribution in [1.82, 2.24) is 4.98 Å². The molecule has 0 amide bonds. The summed E-state index contributed by atoms with van der Waals surface area (Å²) in [4.78, 5) is 4.63. The molecule has 4 nitrogen and oxygen atoms in total. The van der Waals surface area contributed by atoms with Crippen molar-refractivity contribution >= 4 is 28.4 Å². The lowest BCUT2D eigenvalue weighted by molar-refractivity contribution is 0.476. The molecule has 0 aliphatic carbocycles. The van der Waals surface area contributed by atoms with Gasteiger partial charge in [-0.1, -0.05) is 29.8 Å². The minimum Gasteiger partial charge on any atom is -0.507 e. The number of anilines is 1. The standard InChI is InChI=1S/C22H19ClN2O2/c1-3-24-22-11-15(21-10-14-6-4-5-7-20(14)27-21)9-18(25-22)16-12-17(23)13(2)8-19(16)26/h4-12,26H,3H2,1-2H3,(H,24,25). The zero-order chi connectivity index (χ0) is 19.0. The van der Waals surface area contributed by atoms with Gasteiger partial charge < -0.3 is 14.8 Å². The number of phenols is 1. The van der Waals surface area contributed by atoms with Crippen LogP contribution in [-0.2, 0) is 0 Å². The number of phenolic OH excluding ortho intramolecular Hbond substituents is 1. The Hall–Kier alpha value is -2.98. The average molecular weight is 379 g/mol. The first kappa shape index (κ1) is 17.4. The fourth-order valence-electron chi connectivity index (χ4n) is 3.08. The molecular formula is C22H19ClN2O2. The van der Waals surface area contributed by atoms with Crippen LogP contribution in [-0.4, -0.2) is 16.6 Å². The van der Waals surface area contributed by atoms with Crippen LogP contribution < -0.4 is 5.32 Å². The second kappa shape index (κ2) is 6.97. The first-order valence-corrected chi connectivity index (χ1v) is 9.17. The van der Waals surface area contributed by atoms with E-state index in [1.807, 2.05) is 56.3 Å². The van der Waals surface area contributed by atoms with E-state index in [1.165, 1.54) is 0 Å². The number of furan rings is 1. The maximum absolute atomic E-state index is 10.4. The number of hydrogen-bond donors (Lipinski definition) is 2. The molecule has 0 radical (unpaired) electrons. The molecule has 4 rings (SSSR count). The molecule has 0 bridgehead atoms. The number of pyridine rings is 1. The first-order chi connectivity index (χ1) is 13.0. The second-order valence-corrected chi connectivity index (χ2v) is 6.83. The highest BCUT2D eigenvalue weighted by atomic mass is 35.5. The third-order valence-corrected chi connectivity index (χ3v) is 4.85. The Bertz CT molecular complexity index is 1100. The van der Waals surface area contributed by atoms with Gasteiger partial charge in [0.1, 0.15) is 22.9 Å². The number of para-hydroxylation sites is 1. The molecule has 2 N–H and O–H groups in total. The highest BCUT2D eigenvalue weighted by Crippen LogP contribution is 2.37. The van der Waals surface area contributed by atoms with Crippen LogP contribution in [0.2, 0.25) is 5.02 Å². The van der Waals surface area contributed by atoms with Gasteiger partial charge >= 0.3 is 0 Å². The lowest BCUT2D eigenvalue weighted by Gasteiger charge is -2.11. The van der Waals surface area contributed by atoms with Crippen LogP contribution in [0.1, 0.15) is 12.5 Å². The molecule has 0 unspecified atom stereocenters. The van der Waals surface area contributed by atoms with Crippen molar-refractivity contribution in [1.29, 1.82) is 0 Å². The number of nitrogens with zero attached hydrogens (tertiary/aromatic N) is 1. The molecule has 2 aromatic heterocycles. The summed E-state index contributed by atoms with van der Waals surface area (Å²) in [6, 6.07) is 17.1. The normalized spacial score (nSPS) is 11.1. The average Bonchev–Trinajstić information content (AvgIpc) is 3.09. The number of benzene rings is 2. The van der Waals surface area contributed by atoms with Crippen molar-refractivity contribution < 1.29 is 9.52 Å². The van der Waals surface area contributed by atoms with Gasteiger partial charge in [0.25, 0.3) is 0 Å². The quantitative estimate of drug-likeness (QED) is 0.440. The number of rotatable bonds is 4. The number of nitrogens with one attached hydrogen (secondary N) is 1. The Balaban J connectivity index is 1.89. The van der Waals surface area contributed by atoms with E-state index in [9.17, 15) is 5.11 Å². The molecule has 27 heavy (non-hydrogen) atoms. The summed E-state index contributed by atoms with van der Waals surface area (Å²) < 4.78 is 6.01. The molecule has 0 aliphatic heterocycles. The Morgan fingerprint density at radius 3 is 2.70 bits per heavy atom. The predicted octanol–water partition coefficient (Wildman–Crippen LogP) is 6.26. The lowest BCUT2D eigenvalue weighted by atomic mass is 10.0. The molecule has 2 heterocycles. The molecule has 136 valence electrons. The van der Waals surface area contributed by atoms with E-state index in [2.05, 4.69) is 10.3 Å². The fourth-order valence-corrected chi connectivity index (χ4v) is 3.24. The van der Waals surface area contributed by atoms with Crippen molar-refractivity contribution in [2.24, 2.45) is 0 Å². The molecule has 0 spiro atoms. The maximum atomic E-state index is 10.4. The van der Waals surface area contributed by atoms with E-state index in [0.717, 1.165) is 34.4 Å². The van der Waals surface area contributed by atoms with E-state index in [1.54, 1.807) is 12.1 Å². The van der Waals surface area contributed by atoms with Crippen molar-refractivity contribution in [3.63, 3.8) is 0 Å². The fraction of sp³-hybridized carbons (Fsp3) is 0.136. The molecule has 5 heteroatoms. The van der Waals surface area contributed by atoms with Gasteiger partial charge in [-0.2, -0.15) is 0 Å². The summed E-state index contributed by atoms with van der Waals surface area (Å²) in [7, 11) is 0. The van der Waals surface area contributed by atoms with Crippen LogP contribution in [0.5, 0.6) is 5.75 Å². The topological polar surface area (TPSA) is 58.3 Å². The minimum atomic E-state index is 0.147. The van der Waals surface area contributed by atoms with Crippen molar-refractivity contribution in [2.75, 3.05) is 11.9 Å². The van der Waals surface area contributed by atoms with Crippen molar-refractivity contribution in [2.45, 2.75) is 13.8 Å². The highest BCUT2D eigenvalue weighted by Gasteiger charge is 2.14. The number of aromatic hydroxyl groups is 1. The summed E-state index contributed by atoms with van der Waals surface area (Å²) in [6.07, 6.45) is 0. The predicted molar refractivity (Wildman–Crippen MR) is 110 cm³/mol. The van der Waals surface area contributed by atoms with Gasteiger partial charge in [0.15, 0.2) is 0 Å². The van der Waals surface area contributed by atoms with Gasteiger partial charge in [-0.15, -0.1) is 0 Å². The van der Waals surface area contributed by atoms with E-state index in [-0.39, 0.29) is 5.75 Å². The Morgan fingerprint density at radius 1 is 1.11 bits per heavy atom. The van der Waals surface area contributed by atoms with Crippen LogP contribution >= 0.6 is 11.6 Å². The molecular weight excluding hydrogens is 360 g/mol. The molecule has 4 aromatic rings. The Morgan fingerprint density at radius 2 is 1.93 bits per heavy atom. The number of halogens is 1. The lowest BCUT2D eigenvalue weighted by Crippen LogP contribution is -2.00. The van der Waals surface area contributed by atoms with Gasteiger partial charge in [0.05, 0.1) is 5.69 Å². The van der Waals surface area contributed by atoms with E-state index >= 15 is 0 Å². The van der Waals surface area contributed by atoms with Crippen LogP contribution in [0.25, 0.3) is 33.6 Å². The van der Waals surface area contributed by atoms with Crippen LogP contribution in [0, 0.1) is 6.92 Å². The molecule has 0 saturated carbocycles. The molecule has 0 saturated heterocycles. The SMILES string of the molecule is CCNc1cc(-c2cc3ccccc3o2)cc(-c2cc(Cl)c(C)cc2O)n1.